The molecular formula is C31H37KN6O5S. The number of benzene rings is 1. The first-order valence-electron chi connectivity index (χ1n) is 14.8. The minimum atomic E-state index is -0.871. The fourth-order valence-corrected chi connectivity index (χ4v) is 6.97. The Morgan fingerprint density at radius 2 is 1.86 bits per heavy atom. The van der Waals surface area contributed by atoms with Crippen molar-refractivity contribution in [2.45, 2.75) is 83.5 Å². The molecule has 0 atom stereocenters. The number of H-pyrrole nitrogens is 1. The number of rotatable bonds is 10. The molecular weight excluding hydrogens is 608 g/mol. The molecule has 11 nitrogen and oxygen atoms in total. The van der Waals surface area contributed by atoms with Crippen molar-refractivity contribution in [3.05, 3.63) is 79.8 Å². The van der Waals surface area contributed by atoms with Gasteiger partial charge in [-0.05, 0) is 58.1 Å². The number of nitrogens with one attached hydrogen (secondary N) is 1. The molecule has 1 aliphatic carbocycles. The molecule has 228 valence electrons. The summed E-state index contributed by atoms with van der Waals surface area (Å²) >= 11 is 1.61. The van der Waals surface area contributed by atoms with Gasteiger partial charge in [-0.3, -0.25) is 18.9 Å². The van der Waals surface area contributed by atoms with E-state index >= 15 is 0 Å². The van der Waals surface area contributed by atoms with Gasteiger partial charge in [-0.25, -0.2) is 9.31 Å². The van der Waals surface area contributed by atoms with Crippen LogP contribution in [0.15, 0.2) is 56.8 Å². The molecule has 1 fully saturated rings. The van der Waals surface area contributed by atoms with Gasteiger partial charge < -0.3 is 9.84 Å². The Balaban J connectivity index is 0.00000384. The van der Waals surface area contributed by atoms with Gasteiger partial charge in [0.05, 0.1) is 24.0 Å². The predicted octanol–water partition coefficient (Wildman–Crippen LogP) is 4.13. The van der Waals surface area contributed by atoms with Gasteiger partial charge in [0, 0.05) is 38.9 Å². The molecule has 6 rings (SSSR count). The normalized spacial score (nSPS) is 17.2. The summed E-state index contributed by atoms with van der Waals surface area (Å²) in [4.78, 5) is 35.1. The number of nitrogens with zero attached hydrogens (tertiary/aromatic N) is 5. The van der Waals surface area contributed by atoms with Crippen LogP contribution >= 0.6 is 11.3 Å². The number of hydrogen-bond donors (Lipinski definition) is 2. The van der Waals surface area contributed by atoms with Crippen molar-refractivity contribution in [2.24, 2.45) is 0 Å². The van der Waals surface area contributed by atoms with Crippen LogP contribution in [0, 0.1) is 0 Å². The number of hydrogen-bond acceptors (Lipinski definition) is 9. The molecule has 0 bridgehead atoms. The average molecular weight is 645 g/mol. The summed E-state index contributed by atoms with van der Waals surface area (Å²) in [5.74, 6) is 0.357. The number of ether oxygens (including phenoxy) is 1. The molecule has 2 N–H and O–H groups in total. The molecule has 0 spiro atoms. The molecule has 5 aromatic rings. The van der Waals surface area contributed by atoms with E-state index in [0.29, 0.717) is 24.4 Å². The summed E-state index contributed by atoms with van der Waals surface area (Å²) in [6.45, 7) is 5.87. The summed E-state index contributed by atoms with van der Waals surface area (Å²) in [5, 5.41) is 18.5. The van der Waals surface area contributed by atoms with Crippen molar-refractivity contribution >= 4 is 68.5 Å². The van der Waals surface area contributed by atoms with E-state index in [1.807, 2.05) is 39.4 Å². The number of fused-ring (bicyclic) bond motifs is 1. The Hall–Kier alpha value is -2.23. The topological polar surface area (TPSA) is 141 Å². The van der Waals surface area contributed by atoms with Crippen LogP contribution in [0.25, 0.3) is 27.6 Å². The quantitative estimate of drug-likeness (QED) is 0.216. The van der Waals surface area contributed by atoms with Gasteiger partial charge in [0.15, 0.2) is 5.82 Å². The van der Waals surface area contributed by atoms with Crippen LogP contribution in [0.5, 0.6) is 0 Å². The molecule has 4 heterocycles. The van der Waals surface area contributed by atoms with Crippen molar-refractivity contribution in [3.8, 4) is 21.8 Å². The van der Waals surface area contributed by atoms with E-state index in [9.17, 15) is 14.7 Å². The van der Waals surface area contributed by atoms with Gasteiger partial charge >= 0.3 is 57.1 Å². The first-order chi connectivity index (χ1) is 20.7. The predicted molar refractivity (Wildman–Crippen MR) is 171 cm³/mol. The van der Waals surface area contributed by atoms with Gasteiger partial charge in [-0.1, -0.05) is 42.8 Å². The molecule has 44 heavy (non-hydrogen) atoms. The zero-order valence-electron chi connectivity index (χ0n) is 24.6. The zero-order chi connectivity index (χ0) is 30.1. The number of aliphatic hydroxyl groups is 1. The Kier molecular flexibility index (Phi) is 10.6. The third kappa shape index (κ3) is 7.10. The minimum absolute atomic E-state index is 0. The van der Waals surface area contributed by atoms with Crippen LogP contribution in [0.2, 0.25) is 0 Å². The Morgan fingerprint density at radius 3 is 2.55 bits per heavy atom. The van der Waals surface area contributed by atoms with E-state index in [-0.39, 0.29) is 75.7 Å². The zero-order valence-corrected chi connectivity index (χ0v) is 25.4. The molecule has 1 aromatic carbocycles. The number of aromatic amines is 1. The van der Waals surface area contributed by atoms with Crippen LogP contribution < -0.4 is 11.3 Å². The van der Waals surface area contributed by atoms with Crippen LogP contribution in [-0.4, -0.2) is 104 Å². The average Bonchev–Trinajstić information content (AvgIpc) is 3.76. The molecule has 0 unspecified atom stereocenters. The van der Waals surface area contributed by atoms with Crippen molar-refractivity contribution in [2.75, 3.05) is 6.61 Å². The van der Waals surface area contributed by atoms with Crippen LogP contribution in [0.1, 0.15) is 75.1 Å². The monoisotopic (exact) mass is 644 g/mol. The fraction of sp³-hybridized carbons (Fsp3) is 0.452. The maximum atomic E-state index is 14.3. The van der Waals surface area contributed by atoms with E-state index < -0.39 is 11.4 Å². The van der Waals surface area contributed by atoms with E-state index in [4.69, 9.17) is 9.26 Å². The Bertz CT molecular complexity index is 1840. The van der Waals surface area contributed by atoms with Gasteiger partial charge in [-0.15, -0.1) is 11.3 Å². The molecule has 0 amide bonds. The van der Waals surface area contributed by atoms with Gasteiger partial charge in [-0.2, -0.15) is 10.1 Å². The summed E-state index contributed by atoms with van der Waals surface area (Å²) in [6, 6.07) is 11.8. The van der Waals surface area contributed by atoms with Crippen molar-refractivity contribution in [1.82, 2.24) is 29.3 Å². The third-order valence-electron chi connectivity index (χ3n) is 7.89. The van der Waals surface area contributed by atoms with Gasteiger partial charge in [0.25, 0.3) is 5.56 Å². The van der Waals surface area contributed by atoms with Crippen LogP contribution in [-0.2, 0) is 17.6 Å². The first-order valence-corrected chi connectivity index (χ1v) is 15.6. The number of aromatic nitrogens is 6. The van der Waals surface area contributed by atoms with E-state index in [1.165, 1.54) is 6.33 Å². The summed E-state index contributed by atoms with van der Waals surface area (Å²) in [7, 11) is 0. The Morgan fingerprint density at radius 1 is 1.11 bits per heavy atom. The number of thiophene rings is 1. The molecule has 0 saturated heterocycles. The van der Waals surface area contributed by atoms with E-state index in [2.05, 4.69) is 33.2 Å². The third-order valence-corrected chi connectivity index (χ3v) is 9.01. The summed E-state index contributed by atoms with van der Waals surface area (Å²) in [6.07, 6.45) is 6.84. The maximum absolute atomic E-state index is 14.3. The van der Waals surface area contributed by atoms with Crippen molar-refractivity contribution in [3.63, 3.8) is 0 Å². The van der Waals surface area contributed by atoms with Crippen molar-refractivity contribution in [1.29, 1.82) is 0 Å². The molecule has 0 aliphatic heterocycles. The molecule has 1 aliphatic rings. The van der Waals surface area contributed by atoms with Gasteiger partial charge in [0.2, 0.25) is 5.78 Å². The number of aryl methyl sites for hydroxylation is 1. The van der Waals surface area contributed by atoms with E-state index in [0.717, 1.165) is 64.2 Å². The fourth-order valence-electron chi connectivity index (χ4n) is 5.91. The van der Waals surface area contributed by atoms with Crippen LogP contribution in [0.4, 0.5) is 0 Å². The second kappa shape index (κ2) is 14.0. The SMILES string of the molecule is CCCc1c(Cc2ccc(-c3ccccc3-c3noc(=O)[nH]3)s2)c(=O)n([C@H]2CC[C@H](OCC(C)(C)O)CC2)c2ncnn12.[KH]. The van der Waals surface area contributed by atoms with Crippen molar-refractivity contribution < 1.29 is 14.4 Å². The van der Waals surface area contributed by atoms with Crippen LogP contribution in [0.3, 0.4) is 0 Å². The summed E-state index contributed by atoms with van der Waals surface area (Å²) < 4.78 is 14.4. The first kappa shape index (κ1) is 33.1. The molecule has 0 radical (unpaired) electrons. The summed E-state index contributed by atoms with van der Waals surface area (Å²) in [5.41, 5.74) is 2.44. The molecule has 13 heteroatoms. The Labute approximate surface area is 301 Å². The second-order valence-electron chi connectivity index (χ2n) is 11.8. The van der Waals surface area contributed by atoms with E-state index in [1.54, 1.807) is 25.2 Å². The second-order valence-corrected chi connectivity index (χ2v) is 13.0. The standard InChI is InChI=1S/C31H36N6O5S.K.H/c1-4-7-25-24(16-21-14-15-26(43-21)22-8-5-6-9-23(22)27-34-30(39)42-35-27)28(38)36(29-32-18-33-37(25)29)19-10-12-20(13-11-19)41-17-31(2,3)40;;/h5-6,8-9,14-15,18-20,40H,4,7,10-13,16-17H2,1-3H3,(H,34,35,39);;/t19-,20-;;. The molecule has 4 aromatic heterocycles. The molecule has 1 saturated carbocycles. The van der Waals surface area contributed by atoms with Gasteiger partial charge in [0.1, 0.15) is 6.33 Å².